The van der Waals surface area contributed by atoms with Crippen LogP contribution in [-0.4, -0.2) is 11.9 Å². The summed E-state index contributed by atoms with van der Waals surface area (Å²) >= 11 is 0. The Kier molecular flexibility index (Phi) is 7.16. The van der Waals surface area contributed by atoms with Gasteiger partial charge in [0.1, 0.15) is 0 Å². The van der Waals surface area contributed by atoms with Gasteiger partial charge in [0, 0.05) is 0 Å². The summed E-state index contributed by atoms with van der Waals surface area (Å²) in [6.07, 6.45) is 0. The van der Waals surface area contributed by atoms with Crippen LogP contribution in [0.2, 0.25) is 0 Å². The van der Waals surface area contributed by atoms with E-state index in [1.54, 1.807) is 52.0 Å². The molecule has 4 nitrogen and oxygen atoms in total. The molecule has 106 valence electrons. The topological polar surface area (TPSA) is 52.6 Å². The lowest BCUT2D eigenvalue weighted by Crippen LogP contribution is -2.18. The van der Waals surface area contributed by atoms with E-state index in [4.69, 9.17) is 9.47 Å². The van der Waals surface area contributed by atoms with Gasteiger partial charge >= 0.3 is 11.9 Å². The zero-order chi connectivity index (χ0) is 13.7. The van der Waals surface area contributed by atoms with Crippen molar-refractivity contribution in [1.29, 1.82) is 0 Å². The number of hydrogen-bond acceptors (Lipinski definition) is 4. The van der Waals surface area contributed by atoms with Crippen molar-refractivity contribution in [2.24, 2.45) is 11.8 Å². The van der Waals surface area contributed by atoms with Gasteiger partial charge in [0.05, 0.1) is 11.8 Å². The van der Waals surface area contributed by atoms with Gasteiger partial charge < -0.3 is 9.47 Å². The molecule has 0 amide bonds. The summed E-state index contributed by atoms with van der Waals surface area (Å²) in [5.74, 6) is -0.654. The molecular weight excluding hydrogens is 268 g/mol. The zero-order valence-corrected chi connectivity index (χ0v) is 12.3. The zero-order valence-electron chi connectivity index (χ0n) is 11.5. The summed E-state index contributed by atoms with van der Waals surface area (Å²) in [7, 11) is 0. The normalized spacial score (nSPS) is 10.0. The molecule has 0 saturated heterocycles. The number of esters is 2. The van der Waals surface area contributed by atoms with Crippen molar-refractivity contribution in [2.75, 3.05) is 0 Å². The minimum absolute atomic E-state index is 0. The Morgan fingerprint density at radius 1 is 0.842 bits per heavy atom. The maximum Gasteiger partial charge on any atom is 0.313 e. The fraction of sp³-hybridized carbons (Fsp3) is 0.429. The van der Waals surface area contributed by atoms with Crippen molar-refractivity contribution in [3.05, 3.63) is 24.3 Å². The highest BCUT2D eigenvalue weighted by atomic mass is 35.5. The number of carbonyl (C=O) groups is 2. The molecule has 0 spiro atoms. The van der Waals surface area contributed by atoms with E-state index in [-0.39, 0.29) is 47.7 Å². The Morgan fingerprint density at radius 3 is 1.42 bits per heavy atom. The molecule has 19 heavy (non-hydrogen) atoms. The molecule has 0 aliphatic heterocycles. The molecule has 0 aromatic heterocycles. The second kappa shape index (κ2) is 7.79. The van der Waals surface area contributed by atoms with Gasteiger partial charge in [0.15, 0.2) is 11.5 Å². The summed E-state index contributed by atoms with van der Waals surface area (Å²) in [5.41, 5.74) is 0. The number of para-hydroxylation sites is 2. The molecular formula is C14H19ClO4. The number of benzene rings is 1. The predicted molar refractivity (Wildman–Crippen MR) is 74.6 cm³/mol. The second-order valence-corrected chi connectivity index (χ2v) is 4.60. The Balaban J connectivity index is 0.00000324. The van der Waals surface area contributed by atoms with E-state index < -0.39 is 0 Å². The molecule has 0 bridgehead atoms. The van der Waals surface area contributed by atoms with Crippen LogP contribution in [0.3, 0.4) is 0 Å². The monoisotopic (exact) mass is 286 g/mol. The third-order valence-electron chi connectivity index (χ3n) is 2.21. The van der Waals surface area contributed by atoms with Gasteiger partial charge in [0.25, 0.3) is 0 Å². The Bertz CT molecular complexity index is 400. The molecule has 0 aliphatic carbocycles. The first kappa shape index (κ1) is 17.4. The van der Waals surface area contributed by atoms with Crippen LogP contribution in [0, 0.1) is 11.8 Å². The maximum absolute atomic E-state index is 11.5. The molecule has 0 fully saturated rings. The highest BCUT2D eigenvalue weighted by Crippen LogP contribution is 2.27. The molecule has 0 heterocycles. The van der Waals surface area contributed by atoms with Gasteiger partial charge in [-0.3, -0.25) is 9.59 Å². The highest BCUT2D eigenvalue weighted by molar-refractivity contribution is 5.85. The Morgan fingerprint density at radius 2 is 1.16 bits per heavy atom. The lowest BCUT2D eigenvalue weighted by molar-refractivity contribution is -0.140. The van der Waals surface area contributed by atoms with Crippen molar-refractivity contribution in [3.8, 4) is 11.5 Å². The Labute approximate surface area is 119 Å². The van der Waals surface area contributed by atoms with E-state index in [1.165, 1.54) is 0 Å². The average molecular weight is 287 g/mol. The quantitative estimate of drug-likeness (QED) is 0.630. The van der Waals surface area contributed by atoms with Gasteiger partial charge in [-0.05, 0) is 12.1 Å². The number of hydrogen-bond donors (Lipinski definition) is 0. The molecule has 0 unspecified atom stereocenters. The van der Waals surface area contributed by atoms with Crippen LogP contribution < -0.4 is 9.47 Å². The van der Waals surface area contributed by atoms with E-state index in [0.717, 1.165) is 0 Å². The first-order valence-corrected chi connectivity index (χ1v) is 5.94. The molecule has 1 aromatic rings. The van der Waals surface area contributed by atoms with Gasteiger partial charge in [-0.1, -0.05) is 39.8 Å². The van der Waals surface area contributed by atoms with E-state index in [2.05, 4.69) is 0 Å². The first-order valence-electron chi connectivity index (χ1n) is 5.94. The van der Waals surface area contributed by atoms with Crippen LogP contribution >= 0.6 is 12.4 Å². The van der Waals surface area contributed by atoms with Crippen molar-refractivity contribution in [1.82, 2.24) is 0 Å². The number of halogens is 1. The van der Waals surface area contributed by atoms with Gasteiger partial charge in [0.2, 0.25) is 0 Å². The standard InChI is InChI=1S/C14H18O4.ClH/c1-9(2)13(15)17-11-7-5-6-8-12(11)18-14(16)10(3)4;/h5-10H,1-4H3;1H. The molecule has 0 saturated carbocycles. The molecule has 5 heteroatoms. The van der Waals surface area contributed by atoms with E-state index in [1.807, 2.05) is 0 Å². The molecule has 1 aromatic carbocycles. The average Bonchev–Trinajstić information content (AvgIpc) is 2.31. The predicted octanol–water partition coefficient (Wildman–Crippen LogP) is 3.23. The SMILES string of the molecule is CC(C)C(=O)Oc1ccccc1OC(=O)C(C)C.Cl. The van der Waals surface area contributed by atoms with Gasteiger partial charge in [-0.15, -0.1) is 12.4 Å². The third-order valence-corrected chi connectivity index (χ3v) is 2.21. The second-order valence-electron chi connectivity index (χ2n) is 4.60. The maximum atomic E-state index is 11.5. The molecule has 0 aliphatic rings. The van der Waals surface area contributed by atoms with Crippen molar-refractivity contribution < 1.29 is 19.1 Å². The van der Waals surface area contributed by atoms with Gasteiger partial charge in [-0.2, -0.15) is 0 Å². The highest BCUT2D eigenvalue weighted by Gasteiger charge is 2.16. The summed E-state index contributed by atoms with van der Waals surface area (Å²) in [6.45, 7) is 6.96. The summed E-state index contributed by atoms with van der Waals surface area (Å²) < 4.78 is 10.3. The Hall–Kier alpha value is -1.55. The minimum Gasteiger partial charge on any atom is -0.422 e. The van der Waals surface area contributed by atoms with Crippen molar-refractivity contribution in [2.45, 2.75) is 27.7 Å². The lowest BCUT2D eigenvalue weighted by atomic mass is 10.2. The summed E-state index contributed by atoms with van der Waals surface area (Å²) in [6, 6.07) is 6.64. The van der Waals surface area contributed by atoms with Crippen LogP contribution in [0.5, 0.6) is 11.5 Å². The number of carbonyl (C=O) groups excluding carboxylic acids is 2. The summed E-state index contributed by atoms with van der Waals surface area (Å²) in [4.78, 5) is 23.0. The molecule has 0 atom stereocenters. The van der Waals surface area contributed by atoms with Crippen LogP contribution in [0.15, 0.2) is 24.3 Å². The molecule has 1 rings (SSSR count). The van der Waals surface area contributed by atoms with Crippen molar-refractivity contribution in [3.63, 3.8) is 0 Å². The fourth-order valence-electron chi connectivity index (χ4n) is 1.07. The minimum atomic E-state index is -0.358. The number of ether oxygens (including phenoxy) is 2. The lowest BCUT2D eigenvalue weighted by Gasteiger charge is -2.12. The summed E-state index contributed by atoms with van der Waals surface area (Å²) in [5, 5.41) is 0. The largest absolute Gasteiger partial charge is 0.422 e. The van der Waals surface area contributed by atoms with Crippen molar-refractivity contribution >= 4 is 24.3 Å². The molecule has 0 N–H and O–H groups in total. The van der Waals surface area contributed by atoms with E-state index >= 15 is 0 Å². The van der Waals surface area contributed by atoms with Crippen LogP contribution in [-0.2, 0) is 9.59 Å². The van der Waals surface area contributed by atoms with Crippen LogP contribution in [0.25, 0.3) is 0 Å². The number of rotatable bonds is 4. The molecule has 0 radical (unpaired) electrons. The van der Waals surface area contributed by atoms with E-state index in [0.29, 0.717) is 0 Å². The first-order chi connectivity index (χ1) is 8.41. The fourth-order valence-corrected chi connectivity index (χ4v) is 1.07. The van der Waals surface area contributed by atoms with Crippen LogP contribution in [0.4, 0.5) is 0 Å². The van der Waals surface area contributed by atoms with Crippen LogP contribution in [0.1, 0.15) is 27.7 Å². The third kappa shape index (κ3) is 5.30. The smallest absolute Gasteiger partial charge is 0.313 e. The van der Waals surface area contributed by atoms with E-state index in [9.17, 15) is 9.59 Å². The van der Waals surface area contributed by atoms with Gasteiger partial charge in [-0.25, -0.2) is 0 Å².